The van der Waals surface area contributed by atoms with Crippen LogP contribution < -0.4 is 0 Å². The van der Waals surface area contributed by atoms with E-state index in [1.807, 2.05) is 0 Å². The van der Waals surface area contributed by atoms with E-state index >= 15 is 0 Å². The fourth-order valence-corrected chi connectivity index (χ4v) is 2.54. The highest BCUT2D eigenvalue weighted by Crippen LogP contribution is 2.41. The number of hydrogen-bond donors (Lipinski definition) is 1. The number of aliphatic hydroxyl groups is 1. The second-order valence-electron chi connectivity index (χ2n) is 6.90. The molecule has 0 radical (unpaired) electrons. The minimum Gasteiger partial charge on any atom is -0.459 e. The highest BCUT2D eigenvalue weighted by molar-refractivity contribution is 5.87. The Labute approximate surface area is 134 Å². The van der Waals surface area contributed by atoms with Gasteiger partial charge in [0.2, 0.25) is 0 Å². The summed E-state index contributed by atoms with van der Waals surface area (Å²) in [6.07, 6.45) is -3.43. The first-order valence-electron chi connectivity index (χ1n) is 7.57. The average Bonchev–Trinajstić information content (AvgIpc) is 2.78. The lowest BCUT2D eigenvalue weighted by molar-refractivity contribution is -0.276. The zero-order valence-electron chi connectivity index (χ0n) is 14.0. The molecular formula is C16H25F3O4. The van der Waals surface area contributed by atoms with Gasteiger partial charge >= 0.3 is 12.1 Å². The third kappa shape index (κ3) is 5.21. The van der Waals surface area contributed by atoms with Crippen LogP contribution in [0.3, 0.4) is 0 Å². The number of halogens is 3. The van der Waals surface area contributed by atoms with Crippen LogP contribution in [0.25, 0.3) is 0 Å². The lowest BCUT2D eigenvalue weighted by Crippen LogP contribution is -2.48. The van der Waals surface area contributed by atoms with E-state index in [2.05, 4.69) is 6.58 Å². The van der Waals surface area contributed by atoms with Crippen molar-refractivity contribution in [3.8, 4) is 0 Å². The van der Waals surface area contributed by atoms with E-state index in [9.17, 15) is 23.1 Å². The van der Waals surface area contributed by atoms with E-state index in [-0.39, 0.29) is 12.0 Å². The third-order valence-corrected chi connectivity index (χ3v) is 4.36. The van der Waals surface area contributed by atoms with E-state index in [0.29, 0.717) is 31.8 Å². The number of hydrogen-bond acceptors (Lipinski definition) is 4. The van der Waals surface area contributed by atoms with Crippen LogP contribution in [-0.2, 0) is 14.3 Å². The zero-order chi connectivity index (χ0) is 18.1. The maximum Gasteiger partial charge on any atom is 0.419 e. The number of rotatable bonds is 6. The van der Waals surface area contributed by atoms with Crippen LogP contribution >= 0.6 is 0 Å². The van der Waals surface area contributed by atoms with Crippen molar-refractivity contribution < 1.29 is 32.5 Å². The minimum atomic E-state index is -4.74. The topological polar surface area (TPSA) is 55.8 Å². The zero-order valence-corrected chi connectivity index (χ0v) is 14.0. The lowest BCUT2D eigenvalue weighted by Gasteiger charge is -2.32. The molecule has 0 aromatic carbocycles. The smallest absolute Gasteiger partial charge is 0.419 e. The molecule has 4 atom stereocenters. The highest BCUT2D eigenvalue weighted by atomic mass is 19.4. The third-order valence-electron chi connectivity index (χ3n) is 4.36. The largest absolute Gasteiger partial charge is 0.459 e. The molecule has 1 rings (SSSR count). The van der Waals surface area contributed by atoms with E-state index in [0.717, 1.165) is 0 Å². The highest BCUT2D eigenvalue weighted by Gasteiger charge is 2.51. The molecule has 4 nitrogen and oxygen atoms in total. The van der Waals surface area contributed by atoms with Gasteiger partial charge in [-0.3, -0.25) is 0 Å². The van der Waals surface area contributed by atoms with Crippen LogP contribution in [0.15, 0.2) is 12.2 Å². The van der Waals surface area contributed by atoms with Crippen LogP contribution in [-0.4, -0.2) is 41.2 Å². The quantitative estimate of drug-likeness (QED) is 0.596. The van der Waals surface area contributed by atoms with Gasteiger partial charge in [0, 0.05) is 5.57 Å². The molecule has 0 spiro atoms. The molecule has 1 saturated carbocycles. The van der Waals surface area contributed by atoms with Gasteiger partial charge in [-0.1, -0.05) is 6.58 Å². The van der Waals surface area contributed by atoms with Crippen molar-refractivity contribution in [3.63, 3.8) is 0 Å². The Morgan fingerprint density at radius 1 is 1.48 bits per heavy atom. The summed E-state index contributed by atoms with van der Waals surface area (Å²) in [5.74, 6) is -0.480. The van der Waals surface area contributed by atoms with Crippen LogP contribution in [0.5, 0.6) is 0 Å². The van der Waals surface area contributed by atoms with Crippen LogP contribution in [0.4, 0.5) is 13.2 Å². The summed E-state index contributed by atoms with van der Waals surface area (Å²) in [7, 11) is 0. The number of esters is 1. The van der Waals surface area contributed by atoms with E-state index in [1.165, 1.54) is 0 Å². The number of carbonyl (C=O) groups excluding carboxylic acids is 1. The second kappa shape index (κ2) is 6.81. The van der Waals surface area contributed by atoms with Crippen LogP contribution in [0.2, 0.25) is 0 Å². The molecule has 0 bridgehead atoms. The van der Waals surface area contributed by atoms with E-state index in [1.54, 1.807) is 20.8 Å². The number of alkyl halides is 3. The fourth-order valence-electron chi connectivity index (χ4n) is 2.54. The molecule has 1 aliphatic carbocycles. The molecule has 7 heteroatoms. The van der Waals surface area contributed by atoms with Crippen molar-refractivity contribution in [2.75, 3.05) is 6.61 Å². The molecule has 134 valence electrons. The predicted octanol–water partition coefficient (Wildman–Crippen LogP) is 3.38. The minimum absolute atomic E-state index is 0.000800. The van der Waals surface area contributed by atoms with Crippen molar-refractivity contribution in [1.82, 2.24) is 0 Å². The van der Waals surface area contributed by atoms with E-state index in [4.69, 9.17) is 9.47 Å². The molecule has 4 unspecified atom stereocenters. The van der Waals surface area contributed by atoms with Gasteiger partial charge in [0.15, 0.2) is 5.60 Å². The number of carbonyl (C=O) groups is 1. The van der Waals surface area contributed by atoms with Crippen LogP contribution in [0.1, 0.15) is 47.0 Å². The number of ether oxygens (including phenoxy) is 2. The molecular weight excluding hydrogens is 313 g/mol. The van der Waals surface area contributed by atoms with Gasteiger partial charge in [-0.2, -0.15) is 13.2 Å². The molecule has 23 heavy (non-hydrogen) atoms. The van der Waals surface area contributed by atoms with Crippen molar-refractivity contribution in [2.24, 2.45) is 5.92 Å². The predicted molar refractivity (Wildman–Crippen MR) is 78.7 cm³/mol. The van der Waals surface area contributed by atoms with Crippen molar-refractivity contribution >= 4 is 5.97 Å². The summed E-state index contributed by atoms with van der Waals surface area (Å²) in [5, 5.41) is 9.45. The molecule has 0 aliphatic heterocycles. The van der Waals surface area contributed by atoms with Gasteiger partial charge in [0.25, 0.3) is 0 Å². The summed E-state index contributed by atoms with van der Waals surface area (Å²) >= 11 is 0. The maximum atomic E-state index is 12.7. The van der Waals surface area contributed by atoms with Gasteiger partial charge in [0.05, 0.1) is 12.2 Å². The van der Waals surface area contributed by atoms with Crippen molar-refractivity contribution in [3.05, 3.63) is 12.2 Å². The van der Waals surface area contributed by atoms with Gasteiger partial charge < -0.3 is 14.6 Å². The van der Waals surface area contributed by atoms with Gasteiger partial charge in [-0.05, 0) is 52.9 Å². The first-order valence-corrected chi connectivity index (χ1v) is 7.57. The fraction of sp³-hybridized carbons (Fsp3) is 0.812. The SMILES string of the molecule is C=C(C)C(=O)OC(C)C1CCC(C)(OCC(C)(O)C(F)(F)F)C1. The first kappa shape index (κ1) is 20.0. The molecule has 0 amide bonds. The first-order chi connectivity index (χ1) is 10.3. The molecule has 1 N–H and O–H groups in total. The van der Waals surface area contributed by atoms with Crippen molar-refractivity contribution in [1.29, 1.82) is 0 Å². The summed E-state index contributed by atoms with van der Waals surface area (Å²) in [6.45, 7) is 8.40. The molecule has 1 aliphatic rings. The molecule has 0 heterocycles. The Kier molecular flexibility index (Phi) is 5.91. The summed E-state index contributed by atoms with van der Waals surface area (Å²) < 4.78 is 48.6. The summed E-state index contributed by atoms with van der Waals surface area (Å²) in [6, 6.07) is 0. The van der Waals surface area contributed by atoms with Crippen molar-refractivity contribution in [2.45, 2.75) is 70.4 Å². The Balaban J connectivity index is 2.58. The maximum absolute atomic E-state index is 12.7. The Hall–Kier alpha value is -1.08. The Morgan fingerprint density at radius 3 is 2.52 bits per heavy atom. The Morgan fingerprint density at radius 2 is 2.04 bits per heavy atom. The molecule has 1 fully saturated rings. The lowest BCUT2D eigenvalue weighted by atomic mass is 9.98. The standard InChI is InChI=1S/C16H25F3O4/c1-10(2)13(20)23-11(3)12-6-7-14(4,8-12)22-9-15(5,21)16(17,18)19/h11-12,21H,1,6-9H2,2-5H3. The van der Waals surface area contributed by atoms with Crippen LogP contribution in [0, 0.1) is 5.92 Å². The Bertz CT molecular complexity index is 459. The van der Waals surface area contributed by atoms with E-state index < -0.39 is 30.0 Å². The molecule has 0 aromatic rings. The van der Waals surface area contributed by atoms with Gasteiger partial charge in [-0.15, -0.1) is 0 Å². The normalized spacial score (nSPS) is 29.0. The molecule has 0 aromatic heterocycles. The summed E-state index contributed by atoms with van der Waals surface area (Å²) in [4.78, 5) is 11.5. The van der Waals surface area contributed by atoms with Gasteiger partial charge in [0.1, 0.15) is 6.10 Å². The van der Waals surface area contributed by atoms with Gasteiger partial charge in [-0.25, -0.2) is 4.79 Å². The second-order valence-corrected chi connectivity index (χ2v) is 6.90. The average molecular weight is 338 g/mol. The monoisotopic (exact) mass is 338 g/mol. The summed E-state index contributed by atoms with van der Waals surface area (Å²) in [5.41, 5.74) is -3.36. The molecule has 0 saturated heterocycles.